The van der Waals surface area contributed by atoms with E-state index in [4.69, 9.17) is 5.73 Å². The second-order valence-electron chi connectivity index (χ2n) is 7.84. The highest BCUT2D eigenvalue weighted by molar-refractivity contribution is 5.90. The van der Waals surface area contributed by atoms with E-state index in [2.05, 4.69) is 15.6 Å². The van der Waals surface area contributed by atoms with Gasteiger partial charge in [0.2, 0.25) is 5.91 Å². The number of nitrogens with zero attached hydrogens (tertiary/aromatic N) is 1. The Labute approximate surface area is 137 Å². The van der Waals surface area contributed by atoms with Crippen LogP contribution < -0.4 is 16.4 Å². The van der Waals surface area contributed by atoms with Gasteiger partial charge in [-0.05, 0) is 68.4 Å². The van der Waals surface area contributed by atoms with Crippen LogP contribution in [0.4, 0.5) is 11.5 Å². The Morgan fingerprint density at radius 3 is 2.35 bits per heavy atom. The van der Waals surface area contributed by atoms with Crippen molar-refractivity contribution < 1.29 is 4.79 Å². The first-order chi connectivity index (χ1) is 11.1. The molecule has 1 aromatic heterocycles. The van der Waals surface area contributed by atoms with Crippen LogP contribution in [0.5, 0.6) is 0 Å². The van der Waals surface area contributed by atoms with E-state index in [1.807, 2.05) is 12.1 Å². The Bertz CT molecular complexity index is 548. The van der Waals surface area contributed by atoms with Crippen LogP contribution in [0.15, 0.2) is 18.3 Å². The monoisotopic (exact) mass is 314 g/mol. The fourth-order valence-corrected chi connectivity index (χ4v) is 5.43. The van der Waals surface area contributed by atoms with Crippen molar-refractivity contribution in [2.75, 3.05) is 17.2 Å². The average Bonchev–Trinajstić information content (AvgIpc) is 2.48. The van der Waals surface area contributed by atoms with E-state index in [1.165, 1.54) is 38.5 Å². The lowest BCUT2D eigenvalue weighted by Gasteiger charge is -2.57. The number of amides is 1. The molecular formula is C18H26N4O. The van der Waals surface area contributed by atoms with Crippen LogP contribution in [-0.2, 0) is 4.79 Å². The molecule has 0 saturated heterocycles. The Balaban J connectivity index is 1.42. The molecule has 1 heterocycles. The molecule has 4 aliphatic rings. The molecule has 5 rings (SSSR count). The van der Waals surface area contributed by atoms with Crippen LogP contribution in [0.3, 0.4) is 0 Å². The number of nitrogens with one attached hydrogen (secondary N) is 2. The van der Waals surface area contributed by atoms with Crippen LogP contribution in [0.1, 0.15) is 44.9 Å². The van der Waals surface area contributed by atoms with Crippen LogP contribution >= 0.6 is 0 Å². The van der Waals surface area contributed by atoms with Crippen molar-refractivity contribution in [2.24, 2.45) is 23.5 Å². The van der Waals surface area contributed by atoms with Crippen LogP contribution in [0.2, 0.25) is 0 Å². The number of hydrogen-bond acceptors (Lipinski definition) is 4. The third-order valence-corrected chi connectivity index (χ3v) is 5.85. The summed E-state index contributed by atoms with van der Waals surface area (Å²) in [5.41, 5.74) is 6.39. The zero-order chi connectivity index (χ0) is 15.9. The van der Waals surface area contributed by atoms with Gasteiger partial charge in [-0.25, -0.2) is 4.98 Å². The SMILES string of the molecule is NCCC(=O)Nc1ccc(NC23CC4CC(CC(C4)C2)C3)nc1. The van der Waals surface area contributed by atoms with Crippen LogP contribution in [0, 0.1) is 17.8 Å². The number of nitrogens with two attached hydrogens (primary N) is 1. The van der Waals surface area contributed by atoms with Gasteiger partial charge in [0.05, 0.1) is 11.9 Å². The van der Waals surface area contributed by atoms with Crippen molar-refractivity contribution >= 4 is 17.4 Å². The summed E-state index contributed by atoms with van der Waals surface area (Å²) in [4.78, 5) is 16.1. The molecule has 23 heavy (non-hydrogen) atoms. The molecule has 0 spiro atoms. The second-order valence-corrected chi connectivity index (χ2v) is 7.84. The maximum atomic E-state index is 11.6. The van der Waals surface area contributed by atoms with Crippen molar-refractivity contribution in [3.05, 3.63) is 18.3 Å². The van der Waals surface area contributed by atoms with E-state index in [0.717, 1.165) is 29.3 Å². The first-order valence-corrected chi connectivity index (χ1v) is 8.88. The molecule has 4 bridgehead atoms. The van der Waals surface area contributed by atoms with E-state index >= 15 is 0 Å². The van der Waals surface area contributed by atoms with Crippen molar-refractivity contribution in [1.82, 2.24) is 4.98 Å². The fraction of sp³-hybridized carbons (Fsp3) is 0.667. The number of hydrogen-bond donors (Lipinski definition) is 3. The van der Waals surface area contributed by atoms with Gasteiger partial charge in [0.1, 0.15) is 5.82 Å². The summed E-state index contributed by atoms with van der Waals surface area (Å²) in [5, 5.41) is 6.57. The van der Waals surface area contributed by atoms with E-state index in [-0.39, 0.29) is 11.4 Å². The van der Waals surface area contributed by atoms with Gasteiger partial charge in [-0.3, -0.25) is 4.79 Å². The van der Waals surface area contributed by atoms with Gasteiger partial charge < -0.3 is 16.4 Å². The molecule has 4 aliphatic carbocycles. The summed E-state index contributed by atoms with van der Waals surface area (Å²) < 4.78 is 0. The molecule has 4 N–H and O–H groups in total. The average molecular weight is 314 g/mol. The minimum atomic E-state index is -0.0592. The van der Waals surface area contributed by atoms with Crippen molar-refractivity contribution in [3.63, 3.8) is 0 Å². The third-order valence-electron chi connectivity index (χ3n) is 5.85. The molecule has 5 nitrogen and oxygen atoms in total. The molecule has 5 heteroatoms. The molecule has 0 atom stereocenters. The molecule has 1 aromatic rings. The van der Waals surface area contributed by atoms with E-state index in [0.29, 0.717) is 13.0 Å². The summed E-state index contributed by atoms with van der Waals surface area (Å²) >= 11 is 0. The van der Waals surface area contributed by atoms with Gasteiger partial charge in [-0.2, -0.15) is 0 Å². The predicted octanol–water partition coefficient (Wildman–Crippen LogP) is 2.75. The van der Waals surface area contributed by atoms with Gasteiger partial charge in [-0.15, -0.1) is 0 Å². The maximum Gasteiger partial charge on any atom is 0.225 e. The molecule has 4 fully saturated rings. The number of rotatable bonds is 5. The zero-order valence-electron chi connectivity index (χ0n) is 13.6. The van der Waals surface area contributed by atoms with Gasteiger partial charge >= 0.3 is 0 Å². The summed E-state index contributed by atoms with van der Waals surface area (Å²) in [5.74, 6) is 3.63. The largest absolute Gasteiger partial charge is 0.365 e. The molecule has 0 aromatic carbocycles. The summed E-state index contributed by atoms with van der Waals surface area (Å²) in [6.45, 7) is 0.366. The zero-order valence-corrected chi connectivity index (χ0v) is 13.6. The lowest BCUT2D eigenvalue weighted by atomic mass is 9.53. The minimum Gasteiger partial charge on any atom is -0.365 e. The van der Waals surface area contributed by atoms with Crippen LogP contribution in [-0.4, -0.2) is 23.0 Å². The minimum absolute atomic E-state index is 0.0592. The highest BCUT2D eigenvalue weighted by atomic mass is 16.1. The number of pyridine rings is 1. The molecule has 0 radical (unpaired) electrons. The first-order valence-electron chi connectivity index (χ1n) is 8.88. The molecule has 0 aliphatic heterocycles. The van der Waals surface area contributed by atoms with Gasteiger partial charge in [0.25, 0.3) is 0 Å². The highest BCUT2D eigenvalue weighted by Crippen LogP contribution is 2.56. The third kappa shape index (κ3) is 3.07. The molecule has 1 amide bonds. The molecule has 0 unspecified atom stereocenters. The Morgan fingerprint density at radius 2 is 1.83 bits per heavy atom. The van der Waals surface area contributed by atoms with E-state index < -0.39 is 0 Å². The van der Waals surface area contributed by atoms with E-state index in [9.17, 15) is 4.79 Å². The standard InChI is InChI=1S/C18H26N4O/c19-4-3-17(23)21-15-1-2-16(20-11-15)22-18-8-12-5-13(9-18)7-14(6-12)10-18/h1-2,11-14H,3-10,19H2,(H,20,22)(H,21,23). The van der Waals surface area contributed by atoms with Crippen molar-refractivity contribution in [1.29, 1.82) is 0 Å². The fourth-order valence-electron chi connectivity index (χ4n) is 5.43. The lowest BCUT2D eigenvalue weighted by Crippen LogP contribution is -2.54. The van der Waals surface area contributed by atoms with Crippen molar-refractivity contribution in [2.45, 2.75) is 50.5 Å². The summed E-state index contributed by atoms with van der Waals surface area (Å²) in [6.07, 6.45) is 10.3. The topological polar surface area (TPSA) is 80.0 Å². The lowest BCUT2D eigenvalue weighted by molar-refractivity contribution is -0.116. The summed E-state index contributed by atoms with van der Waals surface area (Å²) in [6, 6.07) is 3.90. The quantitative estimate of drug-likeness (QED) is 0.780. The molecule has 4 saturated carbocycles. The Hall–Kier alpha value is -1.62. The highest BCUT2D eigenvalue weighted by Gasteiger charge is 2.50. The number of aromatic nitrogens is 1. The summed E-state index contributed by atoms with van der Waals surface area (Å²) in [7, 11) is 0. The molecular weight excluding hydrogens is 288 g/mol. The number of carbonyl (C=O) groups excluding carboxylic acids is 1. The Morgan fingerprint density at radius 1 is 1.17 bits per heavy atom. The predicted molar refractivity (Wildman–Crippen MR) is 91.1 cm³/mol. The normalized spacial score (nSPS) is 34.4. The van der Waals surface area contributed by atoms with Gasteiger partial charge in [0.15, 0.2) is 0 Å². The smallest absolute Gasteiger partial charge is 0.225 e. The van der Waals surface area contributed by atoms with Crippen LogP contribution in [0.25, 0.3) is 0 Å². The molecule has 124 valence electrons. The first kappa shape index (κ1) is 14.9. The Kier molecular flexibility index (Phi) is 3.76. The number of carbonyl (C=O) groups is 1. The number of anilines is 2. The van der Waals surface area contributed by atoms with Crippen molar-refractivity contribution in [3.8, 4) is 0 Å². The second kappa shape index (κ2) is 5.78. The van der Waals surface area contributed by atoms with Gasteiger partial charge in [0, 0.05) is 18.5 Å². The van der Waals surface area contributed by atoms with Gasteiger partial charge in [-0.1, -0.05) is 0 Å². The van der Waals surface area contributed by atoms with E-state index in [1.54, 1.807) is 6.20 Å². The maximum absolute atomic E-state index is 11.6.